The Morgan fingerprint density at radius 3 is 2.50 bits per heavy atom. The van der Waals surface area contributed by atoms with Crippen molar-refractivity contribution in [3.05, 3.63) is 0 Å². The average Bonchev–Trinajstić information content (AvgIpc) is 1.81. The zero-order chi connectivity index (χ0) is 6.24. The first-order valence-corrected chi connectivity index (χ1v) is 3.01. The van der Waals surface area contributed by atoms with E-state index in [1.165, 1.54) is 0 Å². The van der Waals surface area contributed by atoms with E-state index in [0.29, 0.717) is 0 Å². The molecule has 0 atom stereocenters. The van der Waals surface area contributed by atoms with E-state index in [4.69, 9.17) is 11.6 Å². The minimum absolute atomic E-state index is 0.776. The number of hydrogen-bond donors (Lipinski definition) is 2. The fourth-order valence-electron chi connectivity index (χ4n) is 0.535. The molecule has 0 unspecified atom stereocenters. The summed E-state index contributed by atoms with van der Waals surface area (Å²) >= 11 is 0. The van der Waals surface area contributed by atoms with Crippen LogP contribution in [0.2, 0.25) is 0 Å². The summed E-state index contributed by atoms with van der Waals surface area (Å²) in [6.45, 7) is 1.57. The van der Waals surface area contributed by atoms with Gasteiger partial charge in [-0.25, -0.2) is 5.43 Å². The molecule has 0 fully saturated rings. The second-order valence-electron chi connectivity index (χ2n) is 1.78. The van der Waals surface area contributed by atoms with Crippen molar-refractivity contribution in [2.75, 3.05) is 13.1 Å². The van der Waals surface area contributed by atoms with E-state index in [9.17, 15) is 0 Å². The highest BCUT2D eigenvalue weighted by molar-refractivity contribution is 4.42. The fourth-order valence-corrected chi connectivity index (χ4v) is 0.535. The van der Waals surface area contributed by atoms with Gasteiger partial charge in [0.2, 0.25) is 0 Å². The smallest absolute Gasteiger partial charge is 0.0113 e. The second-order valence-corrected chi connectivity index (χ2v) is 1.78. The summed E-state index contributed by atoms with van der Waals surface area (Å²) in [5, 5.41) is 0. The molecule has 0 bridgehead atoms. The van der Waals surface area contributed by atoms with E-state index >= 15 is 0 Å². The molecule has 0 aromatic carbocycles. The van der Waals surface area contributed by atoms with Gasteiger partial charge in [-0.3, -0.25) is 0 Å². The van der Waals surface area contributed by atoms with E-state index in [2.05, 4.69) is 5.43 Å². The van der Waals surface area contributed by atoms with Crippen molar-refractivity contribution in [2.24, 2.45) is 5.73 Å². The average molecular weight is 116 g/mol. The number of nitrogens with one attached hydrogen (secondary N) is 2. The molecule has 0 heterocycles. The van der Waals surface area contributed by atoms with Crippen LogP contribution in [-0.4, -0.2) is 13.1 Å². The minimum atomic E-state index is 0.776. The number of rotatable bonds is 5. The van der Waals surface area contributed by atoms with Gasteiger partial charge in [0, 0.05) is 6.54 Å². The van der Waals surface area contributed by atoms with Crippen LogP contribution in [0.1, 0.15) is 19.3 Å². The van der Waals surface area contributed by atoms with Gasteiger partial charge in [-0.15, -0.1) is 0 Å². The van der Waals surface area contributed by atoms with Crippen LogP contribution in [0.5, 0.6) is 0 Å². The Balaban J connectivity index is 2.53. The molecule has 0 rings (SSSR count). The lowest BCUT2D eigenvalue weighted by Gasteiger charge is -1.94. The van der Waals surface area contributed by atoms with Crippen molar-refractivity contribution in [2.45, 2.75) is 19.3 Å². The first-order chi connectivity index (χ1) is 3.91. The minimum Gasteiger partial charge on any atom is -0.330 e. The summed E-state index contributed by atoms with van der Waals surface area (Å²) in [6.07, 6.45) is 3.30. The molecule has 0 saturated carbocycles. The molecule has 0 aromatic rings. The summed E-state index contributed by atoms with van der Waals surface area (Å²) in [4.78, 5) is 0. The highest BCUT2D eigenvalue weighted by atomic mass is 15.2. The van der Waals surface area contributed by atoms with Crippen LogP contribution < -0.4 is 17.0 Å². The molecule has 0 aliphatic carbocycles. The highest BCUT2D eigenvalue weighted by Gasteiger charge is 1.83. The van der Waals surface area contributed by atoms with Gasteiger partial charge < -0.3 is 5.73 Å². The van der Waals surface area contributed by atoms with Crippen molar-refractivity contribution in [3.63, 3.8) is 0 Å². The molecule has 3 heteroatoms. The van der Waals surface area contributed by atoms with Crippen LogP contribution in [-0.2, 0) is 0 Å². The number of nitrogens with two attached hydrogens (primary N) is 1. The van der Waals surface area contributed by atoms with E-state index in [1.807, 2.05) is 0 Å². The predicted molar refractivity (Wildman–Crippen MR) is 34.0 cm³/mol. The van der Waals surface area contributed by atoms with E-state index in [-0.39, 0.29) is 0 Å². The molecule has 0 aliphatic heterocycles. The summed E-state index contributed by atoms with van der Waals surface area (Å²) in [6, 6.07) is 0. The molecule has 4 N–H and O–H groups in total. The molecular formula is C5H14N3. The Morgan fingerprint density at radius 2 is 2.00 bits per heavy atom. The number of unbranched alkanes of at least 4 members (excludes halogenated alkanes) is 2. The molecule has 0 amide bonds. The van der Waals surface area contributed by atoms with Gasteiger partial charge in [0.1, 0.15) is 0 Å². The van der Waals surface area contributed by atoms with Gasteiger partial charge >= 0.3 is 0 Å². The van der Waals surface area contributed by atoms with Crippen LogP contribution in [0.15, 0.2) is 0 Å². The van der Waals surface area contributed by atoms with Crippen LogP contribution in [0.4, 0.5) is 0 Å². The lowest BCUT2D eigenvalue weighted by atomic mass is 10.2. The van der Waals surface area contributed by atoms with Crippen molar-refractivity contribution >= 4 is 0 Å². The molecule has 1 radical (unpaired) electrons. The molecule has 8 heavy (non-hydrogen) atoms. The van der Waals surface area contributed by atoms with Crippen molar-refractivity contribution in [1.29, 1.82) is 0 Å². The Labute approximate surface area is 50.4 Å². The van der Waals surface area contributed by atoms with E-state index < -0.39 is 0 Å². The van der Waals surface area contributed by atoms with Gasteiger partial charge in [0.15, 0.2) is 0 Å². The lowest BCUT2D eigenvalue weighted by molar-refractivity contribution is 0.613. The summed E-state index contributed by atoms with van der Waals surface area (Å²) < 4.78 is 0. The Kier molecular flexibility index (Phi) is 6.78. The molecule has 0 aromatic heterocycles. The van der Waals surface area contributed by atoms with E-state index in [1.54, 1.807) is 0 Å². The van der Waals surface area contributed by atoms with Gasteiger partial charge in [-0.1, -0.05) is 6.42 Å². The first kappa shape index (κ1) is 7.88. The van der Waals surface area contributed by atoms with Crippen LogP contribution >= 0.6 is 0 Å². The topological polar surface area (TPSA) is 61.8 Å². The van der Waals surface area contributed by atoms with Crippen LogP contribution in [0.25, 0.3) is 0 Å². The standard InChI is InChI=1S/C5H14N3/c6-4-2-1-3-5-8-7/h7-8H,1-6H2. The lowest BCUT2D eigenvalue weighted by Crippen LogP contribution is -2.11. The van der Waals surface area contributed by atoms with Gasteiger partial charge in [0.25, 0.3) is 0 Å². The van der Waals surface area contributed by atoms with Gasteiger partial charge in [-0.05, 0) is 19.4 Å². The molecular weight excluding hydrogens is 102 g/mol. The largest absolute Gasteiger partial charge is 0.330 e. The maximum absolute atomic E-state index is 6.56. The normalized spacial score (nSPS) is 9.75. The SMILES string of the molecule is [NH]NCCCCCN. The van der Waals surface area contributed by atoms with Crippen molar-refractivity contribution < 1.29 is 0 Å². The monoisotopic (exact) mass is 116 g/mol. The third-order valence-electron chi connectivity index (χ3n) is 1.01. The third-order valence-corrected chi connectivity index (χ3v) is 1.01. The molecule has 0 aliphatic rings. The van der Waals surface area contributed by atoms with Crippen LogP contribution in [0, 0.1) is 0 Å². The van der Waals surface area contributed by atoms with Gasteiger partial charge in [-0.2, -0.15) is 5.84 Å². The quantitative estimate of drug-likeness (QED) is 0.389. The highest BCUT2D eigenvalue weighted by Crippen LogP contribution is 1.89. The second kappa shape index (κ2) is 6.88. The zero-order valence-electron chi connectivity index (χ0n) is 5.11. The predicted octanol–water partition coefficient (Wildman–Crippen LogP) is -0.0971. The van der Waals surface area contributed by atoms with E-state index in [0.717, 1.165) is 32.4 Å². The number of hydrogen-bond acceptors (Lipinski definition) is 2. The Bertz CT molecular complexity index is 32.7. The van der Waals surface area contributed by atoms with Gasteiger partial charge in [0.05, 0.1) is 0 Å². The molecule has 3 nitrogen and oxygen atoms in total. The van der Waals surface area contributed by atoms with Crippen molar-refractivity contribution in [1.82, 2.24) is 11.3 Å². The first-order valence-electron chi connectivity index (χ1n) is 3.01. The molecule has 0 spiro atoms. The summed E-state index contributed by atoms with van der Waals surface area (Å²) in [7, 11) is 0. The maximum Gasteiger partial charge on any atom is 0.0113 e. The van der Waals surface area contributed by atoms with Crippen molar-refractivity contribution in [3.8, 4) is 0 Å². The molecule has 49 valence electrons. The maximum atomic E-state index is 6.56. The fraction of sp³-hybridized carbons (Fsp3) is 1.00. The summed E-state index contributed by atoms with van der Waals surface area (Å²) in [5.41, 5.74) is 7.58. The Hall–Kier alpha value is -0.120. The summed E-state index contributed by atoms with van der Waals surface area (Å²) in [5.74, 6) is 6.56. The third kappa shape index (κ3) is 5.88. The van der Waals surface area contributed by atoms with Crippen LogP contribution in [0.3, 0.4) is 0 Å². The molecule has 0 saturated heterocycles. The zero-order valence-corrected chi connectivity index (χ0v) is 5.11. The Morgan fingerprint density at radius 1 is 1.25 bits per heavy atom.